The van der Waals surface area contributed by atoms with E-state index in [1.165, 1.54) is 22.5 Å². The number of methoxy groups -OCH3 is 1. The Bertz CT molecular complexity index is 1110. The minimum absolute atomic E-state index is 0.0404. The first-order valence-corrected chi connectivity index (χ1v) is 10.6. The first-order valence-electron chi connectivity index (χ1n) is 10.6. The normalized spacial score (nSPS) is 21.6. The Morgan fingerprint density at radius 2 is 1.83 bits per heavy atom. The Kier molecular flexibility index (Phi) is 3.91. The molecule has 3 heterocycles. The molecule has 1 atom stereocenters. The van der Waals surface area contributed by atoms with Crippen molar-refractivity contribution in [2.45, 2.75) is 31.6 Å². The van der Waals surface area contributed by atoms with Crippen molar-refractivity contribution < 1.29 is 19.0 Å². The van der Waals surface area contributed by atoms with E-state index in [0.717, 1.165) is 54.2 Å². The molecule has 0 aromatic heterocycles. The fraction of sp³-hybridized carbons (Fsp3) is 0.320. The lowest BCUT2D eigenvalue weighted by molar-refractivity contribution is -0.116. The van der Waals surface area contributed by atoms with Crippen LogP contribution in [0.1, 0.15) is 41.9 Å². The molecule has 0 amide bonds. The SMILES string of the molecule is COc1ccc(C2C=C3c4cc5c(cc4CCN3C3=C2C(=O)CCC3)OCO5)cc1. The zero-order valence-corrected chi connectivity index (χ0v) is 16.9. The standard InChI is InChI=1S/C25H23NO4/c1-28-17-7-5-15(6-8-17)19-12-21-18-13-24-23(29-14-30-24)11-16(18)9-10-26(21)20-3-2-4-22(27)25(19)20/h5-8,11-13,19H,2-4,9-10,14H2,1H3. The summed E-state index contributed by atoms with van der Waals surface area (Å²) in [6, 6.07) is 12.3. The summed E-state index contributed by atoms with van der Waals surface area (Å²) in [7, 11) is 1.67. The van der Waals surface area contributed by atoms with E-state index in [1.807, 2.05) is 12.1 Å². The molecule has 1 aliphatic carbocycles. The highest BCUT2D eigenvalue weighted by molar-refractivity contribution is 6.00. The van der Waals surface area contributed by atoms with Crippen molar-refractivity contribution in [1.82, 2.24) is 4.90 Å². The zero-order valence-electron chi connectivity index (χ0n) is 16.9. The lowest BCUT2D eigenvalue weighted by Gasteiger charge is -2.42. The molecule has 5 nitrogen and oxygen atoms in total. The lowest BCUT2D eigenvalue weighted by Crippen LogP contribution is -2.36. The smallest absolute Gasteiger partial charge is 0.231 e. The van der Waals surface area contributed by atoms with Crippen molar-refractivity contribution in [3.63, 3.8) is 0 Å². The third-order valence-electron chi connectivity index (χ3n) is 6.63. The van der Waals surface area contributed by atoms with Crippen LogP contribution in [0.3, 0.4) is 0 Å². The summed E-state index contributed by atoms with van der Waals surface area (Å²) in [5.41, 5.74) is 6.95. The number of ketones is 1. The van der Waals surface area contributed by atoms with Crippen molar-refractivity contribution in [3.05, 3.63) is 70.4 Å². The summed E-state index contributed by atoms with van der Waals surface area (Å²) in [5.74, 6) is 2.70. The number of hydrogen-bond donors (Lipinski definition) is 0. The lowest BCUT2D eigenvalue weighted by atomic mass is 9.77. The van der Waals surface area contributed by atoms with Crippen LogP contribution in [0.15, 0.2) is 53.7 Å². The van der Waals surface area contributed by atoms with Gasteiger partial charge in [-0.25, -0.2) is 0 Å². The van der Waals surface area contributed by atoms with Gasteiger partial charge < -0.3 is 19.1 Å². The highest BCUT2D eigenvalue weighted by atomic mass is 16.7. The van der Waals surface area contributed by atoms with Crippen LogP contribution in [0.25, 0.3) is 5.70 Å². The summed E-state index contributed by atoms with van der Waals surface area (Å²) in [6.07, 6.45) is 5.71. The molecule has 0 N–H and O–H groups in total. The molecule has 0 radical (unpaired) electrons. The maximum Gasteiger partial charge on any atom is 0.231 e. The Morgan fingerprint density at radius 1 is 1.03 bits per heavy atom. The molecule has 5 heteroatoms. The summed E-state index contributed by atoms with van der Waals surface area (Å²) in [4.78, 5) is 15.4. The molecule has 2 aromatic rings. The monoisotopic (exact) mass is 401 g/mol. The molecule has 0 saturated heterocycles. The van der Waals surface area contributed by atoms with Crippen molar-refractivity contribution in [3.8, 4) is 17.2 Å². The van der Waals surface area contributed by atoms with Gasteiger partial charge in [0.2, 0.25) is 6.79 Å². The predicted molar refractivity (Wildman–Crippen MR) is 113 cm³/mol. The molecule has 1 unspecified atom stereocenters. The number of carbonyl (C=O) groups excluding carboxylic acids is 1. The highest BCUT2D eigenvalue weighted by Gasteiger charge is 2.38. The Hall–Kier alpha value is -3.21. The molecular formula is C25H23NO4. The molecule has 0 bridgehead atoms. The van der Waals surface area contributed by atoms with Crippen LogP contribution in [0.5, 0.6) is 17.2 Å². The number of rotatable bonds is 2. The fourth-order valence-corrected chi connectivity index (χ4v) is 5.18. The van der Waals surface area contributed by atoms with Crippen molar-refractivity contribution >= 4 is 11.5 Å². The van der Waals surface area contributed by atoms with Crippen LogP contribution in [0.2, 0.25) is 0 Å². The second-order valence-electron chi connectivity index (χ2n) is 8.20. The number of fused-ring (bicyclic) bond motifs is 5. The number of nitrogens with zero attached hydrogens (tertiary/aromatic N) is 1. The van der Waals surface area contributed by atoms with Crippen LogP contribution >= 0.6 is 0 Å². The van der Waals surface area contributed by atoms with E-state index in [9.17, 15) is 4.79 Å². The van der Waals surface area contributed by atoms with E-state index >= 15 is 0 Å². The molecule has 4 aliphatic rings. The molecule has 3 aliphatic heterocycles. The Balaban J connectivity index is 1.52. The predicted octanol–water partition coefficient (Wildman–Crippen LogP) is 4.43. The van der Waals surface area contributed by atoms with Gasteiger partial charge in [-0.15, -0.1) is 0 Å². The van der Waals surface area contributed by atoms with E-state index in [2.05, 4.69) is 35.2 Å². The quantitative estimate of drug-likeness (QED) is 0.745. The molecule has 6 rings (SSSR count). The van der Waals surface area contributed by atoms with Crippen molar-refractivity contribution in [2.24, 2.45) is 0 Å². The molecular weight excluding hydrogens is 378 g/mol. The molecule has 2 aromatic carbocycles. The van der Waals surface area contributed by atoms with Crippen molar-refractivity contribution in [1.29, 1.82) is 0 Å². The van der Waals surface area contributed by atoms with E-state index in [1.54, 1.807) is 7.11 Å². The average Bonchev–Trinajstić information content (AvgIpc) is 3.24. The van der Waals surface area contributed by atoms with Gasteiger partial charge in [0.1, 0.15) is 5.75 Å². The molecule has 30 heavy (non-hydrogen) atoms. The molecule has 0 fully saturated rings. The largest absolute Gasteiger partial charge is 0.497 e. The second-order valence-corrected chi connectivity index (χ2v) is 8.20. The zero-order chi connectivity index (χ0) is 20.2. The van der Waals surface area contributed by atoms with Gasteiger partial charge in [0.15, 0.2) is 17.3 Å². The fourth-order valence-electron chi connectivity index (χ4n) is 5.18. The Labute approximate surface area is 175 Å². The van der Waals surface area contributed by atoms with E-state index in [-0.39, 0.29) is 18.5 Å². The molecule has 0 saturated carbocycles. The van der Waals surface area contributed by atoms with E-state index in [4.69, 9.17) is 14.2 Å². The number of carbonyl (C=O) groups is 1. The van der Waals surface area contributed by atoms with Crippen LogP contribution in [0.4, 0.5) is 0 Å². The highest BCUT2D eigenvalue weighted by Crippen LogP contribution is 2.48. The summed E-state index contributed by atoms with van der Waals surface area (Å²) in [5, 5.41) is 0. The van der Waals surface area contributed by atoms with Gasteiger partial charge in [-0.3, -0.25) is 4.79 Å². The maximum atomic E-state index is 13.0. The minimum Gasteiger partial charge on any atom is -0.497 e. The average molecular weight is 401 g/mol. The van der Waals surface area contributed by atoms with Crippen molar-refractivity contribution in [2.75, 3.05) is 20.4 Å². The third-order valence-corrected chi connectivity index (χ3v) is 6.63. The van der Waals surface area contributed by atoms with Gasteiger partial charge >= 0.3 is 0 Å². The van der Waals surface area contributed by atoms with Gasteiger partial charge in [0, 0.05) is 41.4 Å². The van der Waals surface area contributed by atoms with Crippen LogP contribution in [-0.4, -0.2) is 31.1 Å². The topological polar surface area (TPSA) is 48.0 Å². The Morgan fingerprint density at radius 3 is 2.63 bits per heavy atom. The second kappa shape index (κ2) is 6.66. The first kappa shape index (κ1) is 17.6. The van der Waals surface area contributed by atoms with Gasteiger partial charge in [-0.1, -0.05) is 12.1 Å². The van der Waals surface area contributed by atoms with Gasteiger partial charge in [0.25, 0.3) is 0 Å². The first-order chi connectivity index (χ1) is 14.7. The van der Waals surface area contributed by atoms with Crippen LogP contribution in [0, 0.1) is 0 Å². The minimum atomic E-state index is -0.0404. The maximum absolute atomic E-state index is 13.0. The van der Waals surface area contributed by atoms with Gasteiger partial charge in [-0.2, -0.15) is 0 Å². The van der Waals surface area contributed by atoms with E-state index < -0.39 is 0 Å². The number of hydrogen-bond acceptors (Lipinski definition) is 5. The number of allylic oxidation sites excluding steroid dienone is 3. The third kappa shape index (κ3) is 2.58. The van der Waals surface area contributed by atoms with E-state index in [0.29, 0.717) is 6.42 Å². The molecule has 0 spiro atoms. The van der Waals surface area contributed by atoms with Crippen LogP contribution in [-0.2, 0) is 11.2 Å². The van der Waals surface area contributed by atoms with Gasteiger partial charge in [0.05, 0.1) is 7.11 Å². The number of Topliss-reactive ketones (excluding diaryl/α,β-unsaturated/α-hetero) is 1. The van der Waals surface area contributed by atoms with Crippen LogP contribution < -0.4 is 14.2 Å². The molecule has 152 valence electrons. The number of ether oxygens (including phenoxy) is 3. The summed E-state index contributed by atoms with van der Waals surface area (Å²) < 4.78 is 16.6. The number of benzene rings is 2. The summed E-state index contributed by atoms with van der Waals surface area (Å²) >= 11 is 0. The summed E-state index contributed by atoms with van der Waals surface area (Å²) in [6.45, 7) is 1.17. The van der Waals surface area contributed by atoms with Gasteiger partial charge in [-0.05, 0) is 60.7 Å².